The molecule has 0 radical (unpaired) electrons. The van der Waals surface area contributed by atoms with Crippen LogP contribution in [0.25, 0.3) is 22.0 Å². The third-order valence-electron chi connectivity index (χ3n) is 5.68. The first-order chi connectivity index (χ1) is 15.6. The Kier molecular flexibility index (Phi) is 7.35. The fourth-order valence-electron chi connectivity index (χ4n) is 3.45. The number of hydrogen-bond donors (Lipinski definition) is 3. The number of fused-ring (bicyclic) bond motifs is 1. The van der Waals surface area contributed by atoms with Gasteiger partial charge in [0.25, 0.3) is 11.5 Å². The predicted molar refractivity (Wildman–Crippen MR) is 119 cm³/mol. The van der Waals surface area contributed by atoms with E-state index in [1.54, 1.807) is 6.07 Å². The van der Waals surface area contributed by atoms with E-state index in [9.17, 15) is 22.6 Å². The molecule has 0 fully saturated rings. The van der Waals surface area contributed by atoms with E-state index in [1.807, 2.05) is 0 Å². The van der Waals surface area contributed by atoms with Gasteiger partial charge in [-0.05, 0) is 43.5 Å². The van der Waals surface area contributed by atoms with Crippen LogP contribution in [0.5, 0.6) is 0 Å². The van der Waals surface area contributed by atoms with E-state index in [0.717, 1.165) is 10.6 Å². The smallest absolute Gasteiger partial charge is 0.261 e. The molecule has 1 amide bonds. The van der Waals surface area contributed by atoms with Gasteiger partial charge in [-0.1, -0.05) is 12.1 Å². The number of aromatic nitrogens is 2. The number of nitrogens with one attached hydrogen (secondary N) is 1. The Labute approximate surface area is 190 Å². The molecule has 0 spiro atoms. The van der Waals surface area contributed by atoms with Crippen LogP contribution in [-0.4, -0.2) is 47.6 Å². The molecule has 3 aromatic rings. The number of aliphatic hydroxyl groups is 1. The van der Waals surface area contributed by atoms with Crippen molar-refractivity contribution in [3.05, 3.63) is 64.2 Å². The minimum atomic E-state index is -1.66. The van der Waals surface area contributed by atoms with Crippen LogP contribution in [0.15, 0.2) is 41.5 Å². The van der Waals surface area contributed by atoms with Crippen molar-refractivity contribution < 1.29 is 28.1 Å². The fourth-order valence-corrected chi connectivity index (χ4v) is 4.13. The second-order valence-electron chi connectivity index (χ2n) is 7.76. The van der Waals surface area contributed by atoms with Gasteiger partial charge in [0.2, 0.25) is 0 Å². The van der Waals surface area contributed by atoms with Crippen molar-refractivity contribution in [3.8, 4) is 11.1 Å². The molecule has 33 heavy (non-hydrogen) atoms. The Balaban J connectivity index is 1.98. The molecule has 8 nitrogen and oxygen atoms in total. The van der Waals surface area contributed by atoms with Crippen LogP contribution in [0.2, 0.25) is 0 Å². The number of carbonyl (C=O) groups excluding carboxylic acids is 1. The first-order valence-electron chi connectivity index (χ1n) is 9.98. The summed E-state index contributed by atoms with van der Waals surface area (Å²) in [6.07, 6.45) is 2.73. The number of hydrogen-bond acceptors (Lipinski definition) is 6. The molecule has 0 saturated heterocycles. The van der Waals surface area contributed by atoms with E-state index in [0.29, 0.717) is 5.56 Å². The van der Waals surface area contributed by atoms with Crippen molar-refractivity contribution in [2.24, 2.45) is 0 Å². The highest BCUT2D eigenvalue weighted by Gasteiger charge is 2.37. The Hall–Kier alpha value is -3.02. The predicted octanol–water partition coefficient (Wildman–Crippen LogP) is 1.91. The van der Waals surface area contributed by atoms with Gasteiger partial charge in [-0.15, -0.1) is 0 Å². The number of nitrogens with zero attached hydrogens (tertiary/aromatic N) is 2. The van der Waals surface area contributed by atoms with Crippen molar-refractivity contribution in [1.29, 1.82) is 0 Å². The monoisotopic (exact) mass is 479 g/mol. The zero-order valence-electron chi connectivity index (χ0n) is 18.0. The third kappa shape index (κ3) is 4.85. The standard InChI is InChI=1S/C22H23F2N3O5S/c1-22(33(2)32,21(30)26-31)6-7-27-12-25-19-11-15(18(24)10-16(19)20(27)29)14-4-3-13(5-8-28)9-17(14)23/h3-4,9-12,28,31H,5-8H2,1-2H3,(H,26,30). The van der Waals surface area contributed by atoms with Crippen molar-refractivity contribution in [2.45, 2.75) is 31.1 Å². The molecule has 3 rings (SSSR count). The fraction of sp³-hybridized carbons (Fsp3) is 0.318. The van der Waals surface area contributed by atoms with Gasteiger partial charge in [0, 0.05) is 41.3 Å². The van der Waals surface area contributed by atoms with E-state index in [-0.39, 0.29) is 48.0 Å². The van der Waals surface area contributed by atoms with Crippen LogP contribution >= 0.6 is 0 Å². The first kappa shape index (κ1) is 24.6. The molecular weight excluding hydrogens is 456 g/mol. The van der Waals surface area contributed by atoms with Crippen LogP contribution in [0.4, 0.5) is 8.78 Å². The van der Waals surface area contributed by atoms with E-state index in [2.05, 4.69) is 4.98 Å². The maximum atomic E-state index is 14.9. The Morgan fingerprint density at radius 2 is 1.91 bits per heavy atom. The molecule has 2 aromatic carbocycles. The summed E-state index contributed by atoms with van der Waals surface area (Å²) in [5.41, 5.74) is 1.56. The highest BCUT2D eigenvalue weighted by Crippen LogP contribution is 2.29. The number of aryl methyl sites for hydroxylation is 1. The van der Waals surface area contributed by atoms with Crippen molar-refractivity contribution in [3.63, 3.8) is 0 Å². The van der Waals surface area contributed by atoms with Crippen LogP contribution in [0, 0.1) is 11.6 Å². The van der Waals surface area contributed by atoms with E-state index >= 15 is 0 Å². The second kappa shape index (κ2) is 9.86. The summed E-state index contributed by atoms with van der Waals surface area (Å²) < 4.78 is 41.1. The average molecular weight is 480 g/mol. The first-order valence-corrected chi connectivity index (χ1v) is 11.5. The van der Waals surface area contributed by atoms with Gasteiger partial charge in [0.05, 0.1) is 17.2 Å². The lowest BCUT2D eigenvalue weighted by Crippen LogP contribution is -2.47. The summed E-state index contributed by atoms with van der Waals surface area (Å²) in [7, 11) is -1.66. The number of carbonyl (C=O) groups is 1. The summed E-state index contributed by atoms with van der Waals surface area (Å²) in [6.45, 7) is 1.19. The molecule has 1 heterocycles. The molecular formula is C22H23F2N3O5S. The number of benzene rings is 2. The molecule has 0 aliphatic heterocycles. The maximum absolute atomic E-state index is 14.9. The molecule has 2 unspecified atom stereocenters. The molecule has 0 aliphatic rings. The van der Waals surface area contributed by atoms with E-state index in [1.165, 1.54) is 43.2 Å². The molecule has 0 aliphatic carbocycles. The lowest BCUT2D eigenvalue weighted by molar-refractivity contribution is -0.131. The maximum Gasteiger partial charge on any atom is 0.261 e. The van der Waals surface area contributed by atoms with Gasteiger partial charge in [-0.2, -0.15) is 0 Å². The highest BCUT2D eigenvalue weighted by atomic mass is 32.2. The molecule has 1 aromatic heterocycles. The topological polar surface area (TPSA) is 122 Å². The molecule has 3 N–H and O–H groups in total. The molecule has 11 heteroatoms. The third-order valence-corrected chi connectivity index (χ3v) is 7.34. The lowest BCUT2D eigenvalue weighted by Gasteiger charge is -2.24. The molecule has 176 valence electrons. The minimum absolute atomic E-state index is 0.00160. The Morgan fingerprint density at radius 1 is 1.21 bits per heavy atom. The normalized spacial score (nSPS) is 14.1. The van der Waals surface area contributed by atoms with Crippen molar-refractivity contribution in [1.82, 2.24) is 15.0 Å². The van der Waals surface area contributed by atoms with Gasteiger partial charge in [0.1, 0.15) is 16.4 Å². The van der Waals surface area contributed by atoms with E-state index in [4.69, 9.17) is 10.3 Å². The molecule has 2 atom stereocenters. The number of hydroxylamine groups is 1. The van der Waals surface area contributed by atoms with Gasteiger partial charge >= 0.3 is 0 Å². The number of halogens is 2. The molecule has 0 saturated carbocycles. The average Bonchev–Trinajstić information content (AvgIpc) is 2.78. The molecule has 0 bridgehead atoms. The SMILES string of the molecule is CS(=O)C(C)(CCn1cnc2cc(-c3ccc(CCO)cc3F)c(F)cc2c1=O)C(=O)NO. The summed E-state index contributed by atoms with van der Waals surface area (Å²) in [4.78, 5) is 29.0. The van der Waals surface area contributed by atoms with Gasteiger partial charge in [-0.25, -0.2) is 19.2 Å². The van der Waals surface area contributed by atoms with Crippen LogP contribution in [0.3, 0.4) is 0 Å². The summed E-state index contributed by atoms with van der Waals surface area (Å²) >= 11 is 0. The van der Waals surface area contributed by atoms with Gasteiger partial charge in [0.15, 0.2) is 0 Å². The second-order valence-corrected chi connectivity index (χ2v) is 9.57. The zero-order valence-corrected chi connectivity index (χ0v) is 18.8. The lowest BCUT2D eigenvalue weighted by atomic mass is 10.00. The van der Waals surface area contributed by atoms with E-state index < -0.39 is 38.6 Å². The van der Waals surface area contributed by atoms with Crippen LogP contribution < -0.4 is 11.0 Å². The van der Waals surface area contributed by atoms with Crippen LogP contribution in [0.1, 0.15) is 18.9 Å². The van der Waals surface area contributed by atoms with Crippen molar-refractivity contribution >= 4 is 27.6 Å². The Bertz CT molecular complexity index is 1300. The van der Waals surface area contributed by atoms with Gasteiger partial charge in [-0.3, -0.25) is 23.6 Å². The Morgan fingerprint density at radius 3 is 2.52 bits per heavy atom. The number of rotatable bonds is 8. The summed E-state index contributed by atoms with van der Waals surface area (Å²) in [5.74, 6) is -2.33. The van der Waals surface area contributed by atoms with Gasteiger partial charge < -0.3 is 5.11 Å². The van der Waals surface area contributed by atoms with Crippen LogP contribution in [-0.2, 0) is 28.6 Å². The summed E-state index contributed by atoms with van der Waals surface area (Å²) in [6, 6.07) is 6.47. The highest BCUT2D eigenvalue weighted by molar-refractivity contribution is 7.86. The zero-order chi connectivity index (χ0) is 24.3. The minimum Gasteiger partial charge on any atom is -0.396 e. The number of amides is 1. The van der Waals surface area contributed by atoms with Crippen molar-refractivity contribution in [2.75, 3.05) is 12.9 Å². The summed E-state index contributed by atoms with van der Waals surface area (Å²) in [5, 5.41) is 17.9. The largest absolute Gasteiger partial charge is 0.396 e. The number of aliphatic hydroxyl groups excluding tert-OH is 1. The quantitative estimate of drug-likeness (QED) is 0.335.